The fourth-order valence-corrected chi connectivity index (χ4v) is 2.34. The topological polar surface area (TPSA) is 21.3 Å². The van der Waals surface area contributed by atoms with Crippen LogP contribution in [0.25, 0.3) is 10.8 Å². The standard InChI is InChI=1S/C17H23NO/c1-3-4-7-12-19-17-11-10-14-8-5-6-9-15(14)16(17)13-18-2/h5-6,8-11,18H,3-4,7,12-13H2,1-2H3. The van der Waals surface area contributed by atoms with Crippen LogP contribution in [0.3, 0.4) is 0 Å². The number of nitrogens with one attached hydrogen (secondary N) is 1. The quantitative estimate of drug-likeness (QED) is 0.753. The lowest BCUT2D eigenvalue weighted by molar-refractivity contribution is 0.303. The van der Waals surface area contributed by atoms with Gasteiger partial charge in [-0.15, -0.1) is 0 Å². The minimum atomic E-state index is 0.808. The number of rotatable bonds is 7. The van der Waals surface area contributed by atoms with Crippen molar-refractivity contribution in [2.75, 3.05) is 13.7 Å². The van der Waals surface area contributed by atoms with Crippen molar-refractivity contribution in [3.63, 3.8) is 0 Å². The Morgan fingerprint density at radius 2 is 1.89 bits per heavy atom. The molecule has 0 heterocycles. The molecule has 0 aliphatic rings. The summed E-state index contributed by atoms with van der Waals surface area (Å²) in [5.41, 5.74) is 1.26. The first-order valence-corrected chi connectivity index (χ1v) is 7.15. The summed E-state index contributed by atoms with van der Waals surface area (Å²) in [6, 6.07) is 12.7. The smallest absolute Gasteiger partial charge is 0.124 e. The van der Waals surface area contributed by atoms with Crippen LogP contribution in [0.1, 0.15) is 31.7 Å². The molecule has 0 atom stereocenters. The molecule has 0 radical (unpaired) electrons. The molecule has 0 aliphatic heterocycles. The van der Waals surface area contributed by atoms with Gasteiger partial charge in [0, 0.05) is 12.1 Å². The number of fused-ring (bicyclic) bond motifs is 1. The molecule has 0 spiro atoms. The Bertz CT molecular complexity index is 522. The molecule has 0 saturated heterocycles. The van der Waals surface area contributed by atoms with E-state index in [1.807, 2.05) is 7.05 Å². The van der Waals surface area contributed by atoms with Crippen LogP contribution in [0.2, 0.25) is 0 Å². The largest absolute Gasteiger partial charge is 0.493 e. The van der Waals surface area contributed by atoms with Crippen LogP contribution < -0.4 is 10.1 Å². The van der Waals surface area contributed by atoms with Crippen molar-refractivity contribution in [2.45, 2.75) is 32.7 Å². The molecule has 2 rings (SSSR count). The van der Waals surface area contributed by atoms with Crippen molar-refractivity contribution in [1.29, 1.82) is 0 Å². The van der Waals surface area contributed by atoms with E-state index in [4.69, 9.17) is 4.74 Å². The zero-order valence-corrected chi connectivity index (χ0v) is 11.9. The summed E-state index contributed by atoms with van der Waals surface area (Å²) in [4.78, 5) is 0. The highest BCUT2D eigenvalue weighted by Gasteiger charge is 2.07. The second kappa shape index (κ2) is 7.15. The van der Waals surface area contributed by atoms with Gasteiger partial charge in [-0.05, 0) is 30.3 Å². The van der Waals surface area contributed by atoms with Gasteiger partial charge >= 0.3 is 0 Å². The second-order valence-corrected chi connectivity index (χ2v) is 4.85. The van der Waals surface area contributed by atoms with E-state index in [9.17, 15) is 0 Å². The van der Waals surface area contributed by atoms with Gasteiger partial charge in [0.2, 0.25) is 0 Å². The van der Waals surface area contributed by atoms with Crippen LogP contribution in [0.5, 0.6) is 5.75 Å². The Labute approximate surface area is 115 Å². The molecule has 0 unspecified atom stereocenters. The summed E-state index contributed by atoms with van der Waals surface area (Å²) in [7, 11) is 1.97. The van der Waals surface area contributed by atoms with Crippen molar-refractivity contribution >= 4 is 10.8 Å². The van der Waals surface area contributed by atoms with Gasteiger partial charge in [-0.1, -0.05) is 50.1 Å². The molecule has 2 nitrogen and oxygen atoms in total. The van der Waals surface area contributed by atoms with Crippen LogP contribution in [-0.4, -0.2) is 13.7 Å². The van der Waals surface area contributed by atoms with Crippen molar-refractivity contribution in [3.05, 3.63) is 42.0 Å². The molecular formula is C17H23NO. The highest BCUT2D eigenvalue weighted by atomic mass is 16.5. The van der Waals surface area contributed by atoms with Crippen molar-refractivity contribution in [2.24, 2.45) is 0 Å². The van der Waals surface area contributed by atoms with E-state index in [2.05, 4.69) is 48.6 Å². The Balaban J connectivity index is 2.24. The van der Waals surface area contributed by atoms with Gasteiger partial charge in [0.05, 0.1) is 6.61 Å². The SMILES string of the molecule is CCCCCOc1ccc2ccccc2c1CNC. The molecule has 0 aliphatic carbocycles. The third-order valence-corrected chi connectivity index (χ3v) is 3.36. The number of hydrogen-bond acceptors (Lipinski definition) is 2. The van der Waals surface area contributed by atoms with E-state index in [1.165, 1.54) is 29.2 Å². The molecule has 2 aromatic rings. The van der Waals surface area contributed by atoms with Crippen molar-refractivity contribution in [3.8, 4) is 5.75 Å². The molecule has 0 bridgehead atoms. The van der Waals surface area contributed by atoms with E-state index >= 15 is 0 Å². The predicted molar refractivity (Wildman–Crippen MR) is 81.7 cm³/mol. The average Bonchev–Trinajstić information content (AvgIpc) is 2.45. The highest BCUT2D eigenvalue weighted by molar-refractivity contribution is 5.87. The highest BCUT2D eigenvalue weighted by Crippen LogP contribution is 2.28. The molecule has 19 heavy (non-hydrogen) atoms. The summed E-state index contributed by atoms with van der Waals surface area (Å²) in [5.74, 6) is 1.02. The van der Waals surface area contributed by atoms with Crippen LogP contribution >= 0.6 is 0 Å². The first kappa shape index (κ1) is 13.9. The summed E-state index contributed by atoms with van der Waals surface area (Å²) < 4.78 is 5.96. The van der Waals surface area contributed by atoms with Gasteiger partial charge in [-0.2, -0.15) is 0 Å². The van der Waals surface area contributed by atoms with Crippen LogP contribution in [0.4, 0.5) is 0 Å². The van der Waals surface area contributed by atoms with Crippen molar-refractivity contribution in [1.82, 2.24) is 5.32 Å². The number of unbranched alkanes of at least 4 members (excludes halogenated alkanes) is 2. The van der Waals surface area contributed by atoms with E-state index in [0.29, 0.717) is 0 Å². The zero-order chi connectivity index (χ0) is 13.5. The van der Waals surface area contributed by atoms with Gasteiger partial charge in [0.1, 0.15) is 5.75 Å². The Hall–Kier alpha value is -1.54. The zero-order valence-electron chi connectivity index (χ0n) is 11.9. The van der Waals surface area contributed by atoms with Crippen LogP contribution in [0, 0.1) is 0 Å². The molecule has 2 aromatic carbocycles. The summed E-state index contributed by atoms with van der Waals surface area (Å²) >= 11 is 0. The number of hydrogen-bond donors (Lipinski definition) is 1. The first-order valence-electron chi connectivity index (χ1n) is 7.15. The van der Waals surface area contributed by atoms with Crippen LogP contribution in [0.15, 0.2) is 36.4 Å². The monoisotopic (exact) mass is 257 g/mol. The normalized spacial score (nSPS) is 10.8. The third-order valence-electron chi connectivity index (χ3n) is 3.36. The maximum absolute atomic E-state index is 5.96. The van der Waals surface area contributed by atoms with Crippen LogP contribution in [-0.2, 0) is 6.54 Å². The van der Waals surface area contributed by atoms with E-state index in [1.54, 1.807) is 0 Å². The lowest BCUT2D eigenvalue weighted by Crippen LogP contribution is -2.08. The maximum atomic E-state index is 5.96. The summed E-state index contributed by atoms with van der Waals surface area (Å²) in [5, 5.41) is 5.79. The molecule has 0 fully saturated rings. The molecule has 0 amide bonds. The fraction of sp³-hybridized carbons (Fsp3) is 0.412. The molecule has 1 N–H and O–H groups in total. The Morgan fingerprint density at radius 1 is 1.05 bits per heavy atom. The fourth-order valence-electron chi connectivity index (χ4n) is 2.34. The Kier molecular flexibility index (Phi) is 5.22. The lowest BCUT2D eigenvalue weighted by Gasteiger charge is -2.14. The molecule has 2 heteroatoms. The van der Waals surface area contributed by atoms with Gasteiger partial charge < -0.3 is 10.1 Å². The minimum absolute atomic E-state index is 0.808. The van der Waals surface area contributed by atoms with Gasteiger partial charge in [-0.3, -0.25) is 0 Å². The first-order chi connectivity index (χ1) is 9.36. The third kappa shape index (κ3) is 3.48. The second-order valence-electron chi connectivity index (χ2n) is 4.85. The van der Waals surface area contributed by atoms with Gasteiger partial charge in [0.25, 0.3) is 0 Å². The number of ether oxygens (including phenoxy) is 1. The van der Waals surface area contributed by atoms with Crippen molar-refractivity contribution < 1.29 is 4.74 Å². The van der Waals surface area contributed by atoms with E-state index in [-0.39, 0.29) is 0 Å². The number of benzene rings is 2. The average molecular weight is 257 g/mol. The molecular weight excluding hydrogens is 234 g/mol. The molecule has 0 saturated carbocycles. The Morgan fingerprint density at radius 3 is 2.68 bits per heavy atom. The molecule has 102 valence electrons. The van der Waals surface area contributed by atoms with Gasteiger partial charge in [-0.25, -0.2) is 0 Å². The predicted octanol–water partition coefficient (Wildman–Crippen LogP) is 4.13. The molecule has 0 aromatic heterocycles. The van der Waals surface area contributed by atoms with Gasteiger partial charge in [0.15, 0.2) is 0 Å². The maximum Gasteiger partial charge on any atom is 0.124 e. The summed E-state index contributed by atoms with van der Waals surface area (Å²) in [6.45, 7) is 3.86. The lowest BCUT2D eigenvalue weighted by atomic mass is 10.0. The minimum Gasteiger partial charge on any atom is -0.493 e. The van der Waals surface area contributed by atoms with E-state index in [0.717, 1.165) is 25.3 Å². The van der Waals surface area contributed by atoms with E-state index < -0.39 is 0 Å². The summed E-state index contributed by atoms with van der Waals surface area (Å²) in [6.07, 6.45) is 3.59.